The van der Waals surface area contributed by atoms with E-state index >= 15 is 0 Å². The highest BCUT2D eigenvalue weighted by Gasteiger charge is 2.12. The van der Waals surface area contributed by atoms with E-state index in [0.29, 0.717) is 32.4 Å². The number of allylic oxidation sites excluding steroid dienone is 4. The molecule has 6 heteroatoms. The van der Waals surface area contributed by atoms with Crippen molar-refractivity contribution in [3.8, 4) is 0 Å². The van der Waals surface area contributed by atoms with Gasteiger partial charge in [-0.3, -0.25) is 9.59 Å². The summed E-state index contributed by atoms with van der Waals surface area (Å²) >= 11 is 0. The summed E-state index contributed by atoms with van der Waals surface area (Å²) in [6.07, 6.45) is 46.2. The van der Waals surface area contributed by atoms with Crippen LogP contribution in [0.15, 0.2) is 24.3 Å². The van der Waals surface area contributed by atoms with E-state index in [9.17, 15) is 9.59 Å². The van der Waals surface area contributed by atoms with Crippen molar-refractivity contribution in [2.75, 3.05) is 19.8 Å². The number of ether oxygens (including phenoxy) is 2. The van der Waals surface area contributed by atoms with Gasteiger partial charge >= 0.3 is 5.97 Å². The molecule has 1 unspecified atom stereocenters. The van der Waals surface area contributed by atoms with Crippen LogP contribution in [0, 0.1) is 0 Å². The van der Waals surface area contributed by atoms with E-state index in [2.05, 4.69) is 45.1 Å². The molecule has 0 saturated carbocycles. The van der Waals surface area contributed by atoms with Crippen LogP contribution in [-0.2, 0) is 19.1 Å². The van der Waals surface area contributed by atoms with Gasteiger partial charge in [0.15, 0.2) is 0 Å². The quantitative estimate of drug-likeness (QED) is 0.0378. The summed E-state index contributed by atoms with van der Waals surface area (Å²) in [6.45, 7) is 8.43. The van der Waals surface area contributed by atoms with Crippen LogP contribution in [0.1, 0.15) is 220 Å². The third kappa shape index (κ3) is 46.3. The van der Waals surface area contributed by atoms with Crippen LogP contribution in [0.4, 0.5) is 0 Å². The first-order valence-corrected chi connectivity index (χ1v) is 21.6. The van der Waals surface area contributed by atoms with Gasteiger partial charge in [-0.2, -0.15) is 0 Å². The highest BCUT2D eigenvalue weighted by atomic mass is 16.5. The van der Waals surface area contributed by atoms with Gasteiger partial charge in [-0.05, 0) is 70.6 Å². The van der Waals surface area contributed by atoms with E-state index in [1.807, 2.05) is 0 Å². The molecule has 0 aromatic rings. The Kier molecular flexibility index (Phi) is 45.8. The van der Waals surface area contributed by atoms with Gasteiger partial charge in [-0.15, -0.1) is 0 Å². The zero-order valence-electron chi connectivity index (χ0n) is 33.7. The zero-order valence-corrected chi connectivity index (χ0v) is 33.7. The van der Waals surface area contributed by atoms with Crippen molar-refractivity contribution >= 4 is 11.9 Å². The molecule has 0 aliphatic heterocycles. The zero-order chi connectivity index (χ0) is 37.0. The summed E-state index contributed by atoms with van der Waals surface area (Å²) in [4.78, 5) is 22.5. The minimum atomic E-state index is -0.206. The molecule has 4 N–H and O–H groups in total. The molecule has 0 rings (SSSR count). The predicted molar refractivity (Wildman–Crippen MR) is 217 cm³/mol. The number of hydrogen-bond donors (Lipinski definition) is 2. The van der Waals surface area contributed by atoms with Gasteiger partial charge < -0.3 is 20.9 Å². The van der Waals surface area contributed by atoms with Crippen LogP contribution in [0.5, 0.6) is 0 Å². The largest absolute Gasteiger partial charge is 0.461 e. The molecule has 0 saturated heterocycles. The molecular weight excluding hydrogens is 620 g/mol. The molecule has 0 aromatic heterocycles. The molecule has 0 bridgehead atoms. The average Bonchev–Trinajstić information content (AvgIpc) is 3.11. The Morgan fingerprint density at radius 2 is 0.880 bits per heavy atom. The molecule has 50 heavy (non-hydrogen) atoms. The number of carbonyl (C=O) groups excluding carboxylic acids is 2. The van der Waals surface area contributed by atoms with Gasteiger partial charge in [-0.1, -0.05) is 154 Å². The second-order valence-electron chi connectivity index (χ2n) is 14.2. The van der Waals surface area contributed by atoms with Gasteiger partial charge in [0, 0.05) is 32.4 Å². The monoisotopic (exact) mass is 707 g/mol. The van der Waals surface area contributed by atoms with E-state index < -0.39 is 0 Å². The Bertz CT molecular complexity index is 740. The molecule has 0 aliphatic carbocycles. The SMILES string of the molecule is CCCCCCCC/C=C\CCCCCCCC(=O)OC(CN)CCOCCCC.CCCCCCCC/C=C\CCCCCCCC(N)=O. The number of hydrogen-bond acceptors (Lipinski definition) is 5. The minimum absolute atomic E-state index is 0.114. The number of unbranched alkanes of at least 4 members (excludes halogenated alkanes) is 23. The maximum absolute atomic E-state index is 12.0. The van der Waals surface area contributed by atoms with Gasteiger partial charge in [0.1, 0.15) is 6.10 Å². The Hall–Kier alpha value is -1.66. The number of rotatable bonds is 38. The minimum Gasteiger partial charge on any atom is -0.461 e. The van der Waals surface area contributed by atoms with Crippen molar-refractivity contribution in [1.29, 1.82) is 0 Å². The summed E-state index contributed by atoms with van der Waals surface area (Å²) in [6, 6.07) is 0. The third-order valence-corrected chi connectivity index (χ3v) is 9.12. The maximum Gasteiger partial charge on any atom is 0.306 e. The van der Waals surface area contributed by atoms with Crippen LogP contribution in [0.25, 0.3) is 0 Å². The maximum atomic E-state index is 12.0. The fraction of sp³-hybridized carbons (Fsp3) is 0.864. The molecule has 0 spiro atoms. The van der Waals surface area contributed by atoms with Crippen molar-refractivity contribution in [3.63, 3.8) is 0 Å². The smallest absolute Gasteiger partial charge is 0.306 e. The first kappa shape index (κ1) is 50.4. The standard InChI is InChI=1S/C26H51NO3.C18H35NO/c1-3-5-7-8-9-10-11-12-13-14-15-16-17-18-19-20-26(28)30-25(24-27)21-23-29-22-6-4-2;1-2-3-4-5-6-7-8-9-10-11-12-13-14-15-16-17-18(19)20/h12-13,25H,3-11,14-24,27H2,1-2H3;9-10H,2-8,11-17H2,1H3,(H2,19,20)/b13-12-;10-9-. The third-order valence-electron chi connectivity index (χ3n) is 9.12. The topological polar surface area (TPSA) is 105 Å². The van der Waals surface area contributed by atoms with Crippen molar-refractivity contribution in [3.05, 3.63) is 24.3 Å². The molecule has 0 heterocycles. The number of carbonyl (C=O) groups is 2. The summed E-state index contributed by atoms with van der Waals surface area (Å²) < 4.78 is 11.0. The summed E-state index contributed by atoms with van der Waals surface area (Å²) in [7, 11) is 0. The summed E-state index contributed by atoms with van der Waals surface area (Å²) in [5.74, 6) is -0.278. The van der Waals surface area contributed by atoms with E-state index in [0.717, 1.165) is 45.1 Å². The lowest BCUT2D eigenvalue weighted by Gasteiger charge is -2.16. The highest BCUT2D eigenvalue weighted by molar-refractivity contribution is 5.73. The van der Waals surface area contributed by atoms with Crippen molar-refractivity contribution < 1.29 is 19.1 Å². The van der Waals surface area contributed by atoms with Crippen LogP contribution < -0.4 is 11.5 Å². The van der Waals surface area contributed by atoms with E-state index in [1.165, 1.54) is 141 Å². The summed E-state index contributed by atoms with van der Waals surface area (Å²) in [5.41, 5.74) is 10.8. The van der Waals surface area contributed by atoms with Gasteiger partial charge in [0.05, 0.1) is 6.61 Å². The fourth-order valence-corrected chi connectivity index (χ4v) is 5.74. The number of nitrogens with two attached hydrogens (primary N) is 2. The number of amides is 1. The van der Waals surface area contributed by atoms with E-state index in [4.69, 9.17) is 20.9 Å². The highest BCUT2D eigenvalue weighted by Crippen LogP contribution is 2.12. The summed E-state index contributed by atoms with van der Waals surface area (Å²) in [5, 5.41) is 0. The van der Waals surface area contributed by atoms with Crippen molar-refractivity contribution in [2.24, 2.45) is 11.5 Å². The van der Waals surface area contributed by atoms with Gasteiger partial charge in [0.25, 0.3) is 0 Å². The van der Waals surface area contributed by atoms with Gasteiger partial charge in [0.2, 0.25) is 5.91 Å². The molecule has 0 aromatic carbocycles. The fourth-order valence-electron chi connectivity index (χ4n) is 5.74. The lowest BCUT2D eigenvalue weighted by molar-refractivity contribution is -0.149. The Morgan fingerprint density at radius 3 is 1.28 bits per heavy atom. The van der Waals surface area contributed by atoms with Crippen LogP contribution in [-0.4, -0.2) is 37.7 Å². The molecule has 0 radical (unpaired) electrons. The van der Waals surface area contributed by atoms with Gasteiger partial charge in [-0.25, -0.2) is 0 Å². The molecule has 0 fully saturated rings. The average molecular weight is 707 g/mol. The van der Waals surface area contributed by atoms with Crippen LogP contribution >= 0.6 is 0 Å². The predicted octanol–water partition coefficient (Wildman–Crippen LogP) is 12.6. The van der Waals surface area contributed by atoms with Crippen molar-refractivity contribution in [1.82, 2.24) is 0 Å². The Balaban J connectivity index is 0. The molecule has 6 nitrogen and oxygen atoms in total. The molecule has 1 amide bonds. The van der Waals surface area contributed by atoms with Crippen LogP contribution in [0.2, 0.25) is 0 Å². The van der Waals surface area contributed by atoms with Crippen molar-refractivity contribution in [2.45, 2.75) is 226 Å². The van der Waals surface area contributed by atoms with E-state index in [-0.39, 0.29) is 18.0 Å². The molecule has 296 valence electrons. The second kappa shape index (κ2) is 45.4. The Morgan fingerprint density at radius 1 is 0.500 bits per heavy atom. The lowest BCUT2D eigenvalue weighted by Crippen LogP contribution is -2.28. The number of esters is 1. The number of primary amides is 1. The normalized spacial score (nSPS) is 12.0. The van der Waals surface area contributed by atoms with E-state index in [1.54, 1.807) is 0 Å². The second-order valence-corrected chi connectivity index (χ2v) is 14.2. The van der Waals surface area contributed by atoms with Crippen LogP contribution in [0.3, 0.4) is 0 Å². The molecule has 1 atom stereocenters. The first-order valence-electron chi connectivity index (χ1n) is 21.6. The first-order chi connectivity index (χ1) is 24.5. The Labute approximate surface area is 311 Å². The molecular formula is C44H86N2O4. The molecule has 0 aliphatic rings. The lowest BCUT2D eigenvalue weighted by atomic mass is 10.1.